The van der Waals surface area contributed by atoms with E-state index in [9.17, 15) is 35.9 Å². The zero-order valence-corrected chi connectivity index (χ0v) is 31.2. The molecule has 2 aliphatic heterocycles. The Bertz CT molecular complexity index is 2040. The number of anilines is 2. The van der Waals surface area contributed by atoms with Crippen molar-refractivity contribution in [3.8, 4) is 0 Å². The van der Waals surface area contributed by atoms with Crippen molar-refractivity contribution in [2.45, 2.75) is 88.9 Å². The first-order chi connectivity index (χ1) is 26.6. The van der Waals surface area contributed by atoms with Gasteiger partial charge in [0.25, 0.3) is 0 Å². The lowest BCUT2D eigenvalue weighted by molar-refractivity contribution is -0.137. The summed E-state index contributed by atoms with van der Waals surface area (Å²) in [4.78, 5) is 37.0. The van der Waals surface area contributed by atoms with E-state index in [1.54, 1.807) is 24.3 Å². The Morgan fingerprint density at radius 3 is 1.68 bits per heavy atom. The molecular weight excluding hydrogens is 738 g/mol. The Morgan fingerprint density at radius 1 is 0.732 bits per heavy atom. The number of piperidine rings is 2. The molecule has 2 aliphatic carbocycles. The largest absolute Gasteiger partial charge is 0.418 e. The Labute approximate surface area is 320 Å². The van der Waals surface area contributed by atoms with Crippen LogP contribution in [0.15, 0.2) is 65.9 Å². The normalized spacial score (nSPS) is 22.6. The van der Waals surface area contributed by atoms with E-state index in [0.717, 1.165) is 75.1 Å². The van der Waals surface area contributed by atoms with Gasteiger partial charge < -0.3 is 26.2 Å². The molecule has 2 aromatic heterocycles. The van der Waals surface area contributed by atoms with Crippen molar-refractivity contribution in [2.24, 2.45) is 22.6 Å². The zero-order valence-electron chi connectivity index (χ0n) is 31.2. The van der Waals surface area contributed by atoms with Crippen LogP contribution >= 0.6 is 0 Å². The number of carbonyl (C=O) groups is 1. The van der Waals surface area contributed by atoms with E-state index < -0.39 is 23.5 Å². The van der Waals surface area contributed by atoms with Crippen molar-refractivity contribution < 1.29 is 35.9 Å². The van der Waals surface area contributed by atoms with Crippen LogP contribution in [-0.2, 0) is 17.1 Å². The van der Waals surface area contributed by atoms with Gasteiger partial charge >= 0.3 is 18.4 Å². The maximum Gasteiger partial charge on any atom is 0.418 e. The fourth-order valence-corrected chi connectivity index (χ4v) is 7.49. The molecule has 4 heterocycles. The van der Waals surface area contributed by atoms with Gasteiger partial charge in [-0.05, 0) is 98.9 Å². The van der Waals surface area contributed by atoms with Crippen LogP contribution in [0.5, 0.6) is 0 Å². The molecule has 300 valence electrons. The highest BCUT2D eigenvalue weighted by Gasteiger charge is 2.36. The maximum absolute atomic E-state index is 13.4. The van der Waals surface area contributed by atoms with Gasteiger partial charge in [-0.15, -0.1) is 0 Å². The summed E-state index contributed by atoms with van der Waals surface area (Å²) < 4.78 is 79.5. The average molecular weight is 785 g/mol. The van der Waals surface area contributed by atoms with Gasteiger partial charge in [0.2, 0.25) is 6.08 Å². The molecule has 56 heavy (non-hydrogen) atoms. The van der Waals surface area contributed by atoms with Gasteiger partial charge in [-0.25, -0.2) is 14.6 Å². The van der Waals surface area contributed by atoms with Gasteiger partial charge in [-0.3, -0.25) is 9.97 Å². The number of hydrogen-bond donors (Lipinski definition) is 3. The Hall–Kier alpha value is -4.95. The van der Waals surface area contributed by atoms with Gasteiger partial charge in [-0.1, -0.05) is 13.8 Å². The third-order valence-corrected chi connectivity index (χ3v) is 10.2. The standard InChI is InChI=1S/C20H23F3N4O.C16H18F3N3.C4H5NO/c1-12-9-14(26-19(28)25-13-4-5-13)11-27(10-12)17-7-6-16(20(21,22)23)18-15(17)3-2-8-24-18;1-10-7-11(20)9-22(8-10)14-5-4-13(16(17,18)19)15-12(14)3-2-6-21-15;6-3-5-4-1-2-4/h2-3,6-8,12-14H,4-5,9-11H2,1H3,(H2,25,26,28);2-6,10-11H,7-9,20H2,1H3;4H,1-2H2/t12-,14+;10-,11+;/m00./s1. The molecule has 4 N–H and O–H groups in total. The number of nitrogens with two attached hydrogens (primary N) is 1. The monoisotopic (exact) mass is 784 g/mol. The van der Waals surface area contributed by atoms with E-state index in [1.807, 2.05) is 0 Å². The van der Waals surface area contributed by atoms with Crippen LogP contribution in [0.25, 0.3) is 21.8 Å². The number of pyridine rings is 2. The van der Waals surface area contributed by atoms with E-state index in [-0.39, 0.29) is 35.2 Å². The summed E-state index contributed by atoms with van der Waals surface area (Å²) in [6, 6.07) is 12.4. The van der Waals surface area contributed by atoms with Crippen LogP contribution in [0.3, 0.4) is 0 Å². The Morgan fingerprint density at radius 2 is 1.23 bits per heavy atom. The summed E-state index contributed by atoms with van der Waals surface area (Å²) in [5, 5.41) is 6.94. The zero-order chi connectivity index (χ0) is 40.2. The number of aromatic nitrogens is 2. The van der Waals surface area contributed by atoms with Gasteiger partial charge in [-0.2, -0.15) is 26.3 Å². The molecule has 4 aliphatic rings. The van der Waals surface area contributed by atoms with Crippen molar-refractivity contribution in [3.63, 3.8) is 0 Å². The van der Waals surface area contributed by atoms with E-state index in [2.05, 4.69) is 49.2 Å². The lowest BCUT2D eigenvalue weighted by Gasteiger charge is -2.38. The number of isocyanates is 1. The number of hydrogen-bond acceptors (Lipinski definition) is 8. The van der Waals surface area contributed by atoms with E-state index in [1.165, 1.54) is 30.6 Å². The lowest BCUT2D eigenvalue weighted by Crippen LogP contribution is -2.53. The minimum atomic E-state index is -4.45. The molecule has 0 bridgehead atoms. The van der Waals surface area contributed by atoms with Gasteiger partial charge in [0.05, 0.1) is 28.2 Å². The molecule has 0 spiro atoms. The molecule has 2 amide bonds. The molecule has 2 aromatic carbocycles. The number of benzene rings is 2. The molecule has 0 radical (unpaired) electrons. The molecule has 4 atom stereocenters. The molecule has 4 fully saturated rings. The average Bonchev–Trinajstić information content (AvgIpc) is 4.08. The number of halogens is 6. The smallest absolute Gasteiger partial charge is 0.369 e. The van der Waals surface area contributed by atoms with Crippen LogP contribution in [-0.4, -0.2) is 72.4 Å². The quantitative estimate of drug-likeness (QED) is 0.107. The number of nitrogens with zero attached hydrogens (tertiary/aromatic N) is 5. The Kier molecular flexibility index (Phi) is 12.4. The second kappa shape index (κ2) is 17.0. The summed E-state index contributed by atoms with van der Waals surface area (Å²) in [5.74, 6) is 0.715. The fourth-order valence-electron chi connectivity index (χ4n) is 7.49. The molecule has 2 saturated carbocycles. The van der Waals surface area contributed by atoms with E-state index in [4.69, 9.17) is 5.73 Å². The van der Waals surface area contributed by atoms with E-state index in [0.29, 0.717) is 41.7 Å². The number of alkyl halides is 6. The number of carbonyl (C=O) groups excluding carboxylic acids is 2. The first kappa shape index (κ1) is 40.7. The summed E-state index contributed by atoms with van der Waals surface area (Å²) >= 11 is 0. The second-order valence-corrected chi connectivity index (χ2v) is 15.4. The minimum Gasteiger partial charge on any atom is -0.369 e. The summed E-state index contributed by atoms with van der Waals surface area (Å²) in [6.07, 6.45) is 1.42. The number of aliphatic imine (C=N–C) groups is 1. The summed E-state index contributed by atoms with van der Waals surface area (Å²) in [7, 11) is 0. The third-order valence-electron chi connectivity index (χ3n) is 10.2. The lowest BCUT2D eigenvalue weighted by atomic mass is 9.94. The highest BCUT2D eigenvalue weighted by atomic mass is 19.4. The Balaban J connectivity index is 0.000000168. The first-order valence-electron chi connectivity index (χ1n) is 18.9. The van der Waals surface area contributed by atoms with Crippen molar-refractivity contribution in [3.05, 3.63) is 72.1 Å². The molecule has 8 rings (SSSR count). The van der Waals surface area contributed by atoms with Crippen LogP contribution in [0.2, 0.25) is 0 Å². The molecule has 2 saturated heterocycles. The summed E-state index contributed by atoms with van der Waals surface area (Å²) in [6.45, 7) is 6.92. The van der Waals surface area contributed by atoms with Crippen molar-refractivity contribution in [1.29, 1.82) is 0 Å². The summed E-state index contributed by atoms with van der Waals surface area (Å²) in [5.41, 5.74) is 6.09. The van der Waals surface area contributed by atoms with Gasteiger partial charge in [0.1, 0.15) is 0 Å². The minimum absolute atomic E-state index is 0.000650. The number of nitrogens with one attached hydrogen (secondary N) is 2. The number of fused-ring (bicyclic) bond motifs is 2. The van der Waals surface area contributed by atoms with E-state index >= 15 is 0 Å². The maximum atomic E-state index is 13.4. The third kappa shape index (κ3) is 10.5. The highest BCUT2D eigenvalue weighted by Crippen LogP contribution is 2.40. The molecular formula is C40H46F6N8O2. The van der Waals surface area contributed by atoms with Crippen LogP contribution in [0.4, 0.5) is 42.5 Å². The topological polar surface area (TPSA) is 129 Å². The molecule has 4 aromatic rings. The number of urea groups is 1. The second-order valence-electron chi connectivity index (χ2n) is 15.4. The van der Waals surface area contributed by atoms with Crippen LogP contribution < -0.4 is 26.2 Å². The first-order valence-corrected chi connectivity index (χ1v) is 18.9. The number of amides is 2. The van der Waals surface area contributed by atoms with Crippen molar-refractivity contribution in [1.82, 2.24) is 20.6 Å². The van der Waals surface area contributed by atoms with Crippen LogP contribution in [0, 0.1) is 11.8 Å². The predicted octanol–water partition coefficient (Wildman–Crippen LogP) is 7.84. The molecule has 0 unspecified atom stereocenters. The van der Waals surface area contributed by atoms with Crippen molar-refractivity contribution in [2.75, 3.05) is 36.0 Å². The SMILES string of the molecule is C[C@H]1C[C@@H](N)CN(c2ccc(C(F)(F)F)c3ncccc23)C1.C[C@H]1C[C@@H](NC(=O)NC2CC2)CN(c2ccc(C(F)(F)F)c3ncccc23)C1.O=C=NC1CC1. The highest BCUT2D eigenvalue weighted by molar-refractivity contribution is 5.95. The van der Waals surface area contributed by atoms with Crippen molar-refractivity contribution >= 4 is 45.3 Å². The number of rotatable bonds is 5. The van der Waals surface area contributed by atoms with Gasteiger partial charge in [0, 0.05) is 78.8 Å². The molecule has 10 nitrogen and oxygen atoms in total. The fraction of sp³-hybridized carbons (Fsp3) is 0.500. The van der Waals surface area contributed by atoms with Gasteiger partial charge in [0.15, 0.2) is 0 Å². The van der Waals surface area contributed by atoms with Crippen LogP contribution in [0.1, 0.15) is 63.5 Å². The molecule has 16 heteroatoms. The predicted molar refractivity (Wildman–Crippen MR) is 203 cm³/mol.